The second-order valence-electron chi connectivity index (χ2n) is 10.4. The van der Waals surface area contributed by atoms with E-state index in [1.54, 1.807) is 0 Å². The van der Waals surface area contributed by atoms with Crippen LogP contribution in [0.2, 0.25) is 0 Å². The molecule has 2 aromatic rings. The molecule has 206 valence electrons. The maximum absolute atomic E-state index is 12.0. The van der Waals surface area contributed by atoms with Crippen LogP contribution in [-0.4, -0.2) is 45.0 Å². The molecule has 2 fully saturated rings. The highest BCUT2D eigenvalue weighted by Gasteiger charge is 2.47. The van der Waals surface area contributed by atoms with Gasteiger partial charge in [-0.25, -0.2) is 9.59 Å². The van der Waals surface area contributed by atoms with Gasteiger partial charge in [-0.15, -0.1) is 0 Å². The third-order valence-corrected chi connectivity index (χ3v) is 7.87. The Morgan fingerprint density at radius 3 is 1.89 bits per heavy atom. The molecule has 0 aromatic heterocycles. The van der Waals surface area contributed by atoms with E-state index in [1.165, 1.54) is 65.6 Å². The standard InChI is InChI=1S/C31H40O7/c1-4-17-31(18-6-5-7-19-31)20-8-21-36-25-15-13-23(14-16-25)22-9-11-24(12-10-22)30-37-26(28(32)34-2)27(38-30)29(33)35-3/h9-16,26-27,30H,4-8,17-21H2,1-3H3. The van der Waals surface area contributed by atoms with Gasteiger partial charge in [-0.05, 0) is 60.8 Å². The van der Waals surface area contributed by atoms with Crippen LogP contribution in [0.1, 0.15) is 76.6 Å². The van der Waals surface area contributed by atoms with Gasteiger partial charge in [0.15, 0.2) is 18.5 Å². The Hall–Kier alpha value is -2.90. The summed E-state index contributed by atoms with van der Waals surface area (Å²) >= 11 is 0. The van der Waals surface area contributed by atoms with Crippen molar-refractivity contribution in [2.75, 3.05) is 20.8 Å². The Kier molecular flexibility index (Phi) is 9.80. The molecule has 2 atom stereocenters. The van der Waals surface area contributed by atoms with Crippen molar-refractivity contribution in [1.29, 1.82) is 0 Å². The summed E-state index contributed by atoms with van der Waals surface area (Å²) in [5.74, 6) is -0.485. The van der Waals surface area contributed by atoms with Crippen LogP contribution in [0.5, 0.6) is 5.75 Å². The molecular formula is C31H40O7. The fourth-order valence-electron chi connectivity index (χ4n) is 5.86. The third-order valence-electron chi connectivity index (χ3n) is 7.87. The number of methoxy groups -OCH3 is 2. The van der Waals surface area contributed by atoms with E-state index < -0.39 is 30.4 Å². The Balaban J connectivity index is 1.31. The lowest BCUT2D eigenvalue weighted by molar-refractivity contribution is -0.160. The van der Waals surface area contributed by atoms with E-state index >= 15 is 0 Å². The van der Waals surface area contributed by atoms with Crippen molar-refractivity contribution in [2.24, 2.45) is 5.41 Å². The van der Waals surface area contributed by atoms with Crippen LogP contribution in [0.25, 0.3) is 11.1 Å². The van der Waals surface area contributed by atoms with Crippen LogP contribution in [0, 0.1) is 5.41 Å². The van der Waals surface area contributed by atoms with Gasteiger partial charge in [0.05, 0.1) is 20.8 Å². The third kappa shape index (κ3) is 6.75. The summed E-state index contributed by atoms with van der Waals surface area (Å²) in [7, 11) is 2.47. The van der Waals surface area contributed by atoms with Crippen LogP contribution in [0.3, 0.4) is 0 Å². The highest BCUT2D eigenvalue weighted by Crippen LogP contribution is 2.44. The normalized spacial score (nSPS) is 22.6. The minimum atomic E-state index is -1.18. The quantitative estimate of drug-likeness (QED) is 0.249. The molecule has 0 spiro atoms. The van der Waals surface area contributed by atoms with Crippen LogP contribution < -0.4 is 4.74 Å². The minimum absolute atomic E-state index is 0.543. The minimum Gasteiger partial charge on any atom is -0.494 e. The van der Waals surface area contributed by atoms with Crippen LogP contribution in [0.15, 0.2) is 48.5 Å². The summed E-state index contributed by atoms with van der Waals surface area (Å²) in [4.78, 5) is 24.1. The summed E-state index contributed by atoms with van der Waals surface area (Å²) in [5.41, 5.74) is 3.31. The topological polar surface area (TPSA) is 80.3 Å². The molecule has 1 aliphatic heterocycles. The molecule has 2 aliphatic rings. The first-order valence-electron chi connectivity index (χ1n) is 13.8. The number of carbonyl (C=O) groups excluding carboxylic acids is 2. The van der Waals surface area contributed by atoms with Crippen molar-refractivity contribution in [3.05, 3.63) is 54.1 Å². The zero-order valence-corrected chi connectivity index (χ0v) is 22.8. The first-order valence-corrected chi connectivity index (χ1v) is 13.8. The van der Waals surface area contributed by atoms with E-state index in [4.69, 9.17) is 23.7 Å². The molecule has 1 heterocycles. The van der Waals surface area contributed by atoms with Crippen molar-refractivity contribution in [3.8, 4) is 16.9 Å². The molecule has 1 saturated heterocycles. The molecule has 38 heavy (non-hydrogen) atoms. The first-order chi connectivity index (χ1) is 18.5. The van der Waals surface area contributed by atoms with E-state index in [2.05, 4.69) is 6.92 Å². The molecule has 4 rings (SSSR count). The predicted molar refractivity (Wildman–Crippen MR) is 144 cm³/mol. The van der Waals surface area contributed by atoms with E-state index in [0.29, 0.717) is 11.0 Å². The number of ether oxygens (including phenoxy) is 5. The highest BCUT2D eigenvalue weighted by molar-refractivity contribution is 5.86. The molecule has 0 amide bonds. The molecule has 7 heteroatoms. The lowest BCUT2D eigenvalue weighted by Crippen LogP contribution is -2.38. The van der Waals surface area contributed by atoms with Gasteiger partial charge in [-0.1, -0.05) is 69.0 Å². The predicted octanol–water partition coefficient (Wildman–Crippen LogP) is 6.39. The largest absolute Gasteiger partial charge is 0.494 e. The van der Waals surface area contributed by atoms with Crippen molar-refractivity contribution in [2.45, 2.75) is 83.2 Å². The van der Waals surface area contributed by atoms with Gasteiger partial charge in [-0.3, -0.25) is 0 Å². The molecule has 0 N–H and O–H groups in total. The van der Waals surface area contributed by atoms with Crippen LogP contribution in [-0.2, 0) is 28.5 Å². The fourth-order valence-corrected chi connectivity index (χ4v) is 5.86. The number of hydrogen-bond donors (Lipinski definition) is 0. The number of carbonyl (C=O) groups is 2. The molecular weight excluding hydrogens is 484 g/mol. The number of esters is 2. The molecule has 1 saturated carbocycles. The first kappa shape index (κ1) is 28.1. The summed E-state index contributed by atoms with van der Waals surface area (Å²) in [6, 6.07) is 15.7. The zero-order chi connectivity index (χ0) is 27.0. The lowest BCUT2D eigenvalue weighted by atomic mass is 9.68. The van der Waals surface area contributed by atoms with Gasteiger partial charge in [0.25, 0.3) is 0 Å². The van der Waals surface area contributed by atoms with Crippen molar-refractivity contribution in [1.82, 2.24) is 0 Å². The highest BCUT2D eigenvalue weighted by atomic mass is 16.8. The van der Waals surface area contributed by atoms with Gasteiger partial charge in [0, 0.05) is 5.56 Å². The molecule has 0 radical (unpaired) electrons. The molecule has 7 nitrogen and oxygen atoms in total. The molecule has 2 unspecified atom stereocenters. The van der Waals surface area contributed by atoms with Crippen molar-refractivity contribution < 1.29 is 33.3 Å². The monoisotopic (exact) mass is 524 g/mol. The van der Waals surface area contributed by atoms with E-state index in [0.717, 1.165) is 29.9 Å². The van der Waals surface area contributed by atoms with E-state index in [-0.39, 0.29) is 0 Å². The number of benzene rings is 2. The fraction of sp³-hybridized carbons (Fsp3) is 0.548. The number of hydrogen-bond acceptors (Lipinski definition) is 7. The summed E-state index contributed by atoms with van der Waals surface area (Å²) in [6.45, 7) is 3.05. The summed E-state index contributed by atoms with van der Waals surface area (Å²) < 4.78 is 26.9. The maximum Gasteiger partial charge on any atom is 0.338 e. The average Bonchev–Trinajstić information content (AvgIpc) is 3.41. The average molecular weight is 525 g/mol. The second kappa shape index (κ2) is 13.3. The zero-order valence-electron chi connectivity index (χ0n) is 22.8. The van der Waals surface area contributed by atoms with Crippen LogP contribution >= 0.6 is 0 Å². The Morgan fingerprint density at radius 2 is 1.37 bits per heavy atom. The Bertz CT molecular complexity index is 1010. The molecule has 0 bridgehead atoms. The smallest absolute Gasteiger partial charge is 0.338 e. The SMILES string of the molecule is CCCC1(CCCOc2ccc(-c3ccc(C4OC(C(=O)OC)C(C(=O)OC)O4)cc3)cc2)CCCCC1. The Labute approximate surface area is 225 Å². The second-order valence-corrected chi connectivity index (χ2v) is 10.4. The van der Waals surface area contributed by atoms with Gasteiger partial charge >= 0.3 is 11.9 Å². The van der Waals surface area contributed by atoms with Crippen LogP contribution in [0.4, 0.5) is 0 Å². The van der Waals surface area contributed by atoms with E-state index in [9.17, 15) is 9.59 Å². The van der Waals surface area contributed by atoms with Gasteiger partial charge in [0.1, 0.15) is 5.75 Å². The number of rotatable bonds is 11. The van der Waals surface area contributed by atoms with Gasteiger partial charge in [0.2, 0.25) is 0 Å². The van der Waals surface area contributed by atoms with E-state index in [1.807, 2.05) is 48.5 Å². The van der Waals surface area contributed by atoms with Crippen molar-refractivity contribution in [3.63, 3.8) is 0 Å². The lowest BCUT2D eigenvalue weighted by Gasteiger charge is -2.37. The van der Waals surface area contributed by atoms with Gasteiger partial charge in [-0.2, -0.15) is 0 Å². The summed E-state index contributed by atoms with van der Waals surface area (Å²) in [6.07, 6.45) is 8.66. The Morgan fingerprint density at radius 1 is 0.816 bits per heavy atom. The molecule has 1 aliphatic carbocycles. The van der Waals surface area contributed by atoms with Crippen molar-refractivity contribution >= 4 is 11.9 Å². The summed E-state index contributed by atoms with van der Waals surface area (Å²) in [5, 5.41) is 0. The maximum atomic E-state index is 12.0. The van der Waals surface area contributed by atoms with Gasteiger partial charge < -0.3 is 23.7 Å². The molecule has 2 aromatic carbocycles.